The third-order valence-corrected chi connectivity index (χ3v) is 4.71. The van der Waals surface area contributed by atoms with E-state index in [1.807, 2.05) is 6.92 Å². The van der Waals surface area contributed by atoms with Gasteiger partial charge < -0.3 is 9.47 Å². The SMILES string of the molecule is CCCOc1ccccc1C(=O)NC(=S)NNC(=O)COc1ccc(Br)cc1Br. The van der Waals surface area contributed by atoms with Crippen molar-refractivity contribution in [3.05, 3.63) is 57.0 Å². The normalized spacial score (nSPS) is 10.0. The number of amides is 2. The number of benzene rings is 2. The second-order valence-electron chi connectivity index (χ2n) is 5.66. The predicted molar refractivity (Wildman–Crippen MR) is 121 cm³/mol. The number of halogens is 2. The fourth-order valence-corrected chi connectivity index (χ4v) is 3.40. The molecule has 0 fully saturated rings. The van der Waals surface area contributed by atoms with E-state index in [2.05, 4.69) is 48.0 Å². The first kappa shape index (κ1) is 23.1. The molecule has 2 rings (SSSR count). The van der Waals surface area contributed by atoms with Crippen LogP contribution in [0.1, 0.15) is 23.7 Å². The van der Waals surface area contributed by atoms with E-state index in [1.54, 1.807) is 42.5 Å². The van der Waals surface area contributed by atoms with Gasteiger partial charge in [0, 0.05) is 4.47 Å². The first-order valence-electron chi connectivity index (χ1n) is 8.60. The topological polar surface area (TPSA) is 88.7 Å². The Morgan fingerprint density at radius 2 is 1.79 bits per heavy atom. The van der Waals surface area contributed by atoms with Gasteiger partial charge in [-0.25, -0.2) is 0 Å². The van der Waals surface area contributed by atoms with Gasteiger partial charge in [0.2, 0.25) is 0 Å². The van der Waals surface area contributed by atoms with Gasteiger partial charge in [0.1, 0.15) is 11.5 Å². The highest BCUT2D eigenvalue weighted by Gasteiger charge is 2.14. The smallest absolute Gasteiger partial charge is 0.276 e. The van der Waals surface area contributed by atoms with Crippen molar-refractivity contribution in [1.29, 1.82) is 0 Å². The quantitative estimate of drug-likeness (QED) is 0.364. The highest BCUT2D eigenvalue weighted by Crippen LogP contribution is 2.28. The molecule has 3 N–H and O–H groups in total. The number of hydrazine groups is 1. The zero-order valence-electron chi connectivity index (χ0n) is 15.5. The van der Waals surface area contributed by atoms with Crippen LogP contribution in [-0.4, -0.2) is 30.1 Å². The van der Waals surface area contributed by atoms with Gasteiger partial charge in [-0.05, 0) is 64.9 Å². The molecule has 7 nitrogen and oxygen atoms in total. The van der Waals surface area contributed by atoms with Crippen LogP contribution in [0.5, 0.6) is 11.5 Å². The van der Waals surface area contributed by atoms with Crippen LogP contribution < -0.4 is 25.6 Å². The summed E-state index contributed by atoms with van der Waals surface area (Å²) in [5.41, 5.74) is 5.18. The Kier molecular flexibility index (Phi) is 9.36. The lowest BCUT2D eigenvalue weighted by molar-refractivity contribution is -0.123. The van der Waals surface area contributed by atoms with Crippen molar-refractivity contribution in [3.63, 3.8) is 0 Å². The summed E-state index contributed by atoms with van der Waals surface area (Å²) < 4.78 is 12.6. The van der Waals surface area contributed by atoms with Crippen LogP contribution >= 0.6 is 44.1 Å². The molecule has 0 radical (unpaired) electrons. The molecule has 0 aliphatic heterocycles. The second-order valence-corrected chi connectivity index (χ2v) is 7.84. The number of ether oxygens (including phenoxy) is 2. The highest BCUT2D eigenvalue weighted by molar-refractivity contribution is 9.11. The third kappa shape index (κ3) is 7.64. The molecule has 0 saturated carbocycles. The Morgan fingerprint density at radius 1 is 1.03 bits per heavy atom. The highest BCUT2D eigenvalue weighted by atomic mass is 79.9. The van der Waals surface area contributed by atoms with Crippen molar-refractivity contribution in [1.82, 2.24) is 16.2 Å². The van der Waals surface area contributed by atoms with E-state index in [0.29, 0.717) is 28.1 Å². The zero-order chi connectivity index (χ0) is 21.2. The summed E-state index contributed by atoms with van der Waals surface area (Å²) in [6, 6.07) is 12.2. The molecule has 0 unspecified atom stereocenters. The summed E-state index contributed by atoms with van der Waals surface area (Å²) in [5.74, 6) is 0.0664. The van der Waals surface area contributed by atoms with E-state index in [4.69, 9.17) is 21.7 Å². The van der Waals surface area contributed by atoms with E-state index in [-0.39, 0.29) is 11.7 Å². The molecule has 0 bridgehead atoms. The lowest BCUT2D eigenvalue weighted by Crippen LogP contribution is -2.49. The first-order valence-corrected chi connectivity index (χ1v) is 10.6. The Bertz CT molecular complexity index is 896. The van der Waals surface area contributed by atoms with E-state index in [1.165, 1.54) is 0 Å². The molecular formula is C19H19Br2N3O4S. The molecule has 10 heteroatoms. The van der Waals surface area contributed by atoms with Crippen molar-refractivity contribution >= 4 is 61.0 Å². The van der Waals surface area contributed by atoms with Crippen LogP contribution in [-0.2, 0) is 4.79 Å². The molecule has 0 heterocycles. The average Bonchev–Trinajstić information content (AvgIpc) is 2.70. The van der Waals surface area contributed by atoms with Gasteiger partial charge in [-0.15, -0.1) is 0 Å². The van der Waals surface area contributed by atoms with Crippen LogP contribution in [0.25, 0.3) is 0 Å². The fourth-order valence-electron chi connectivity index (χ4n) is 2.09. The summed E-state index contributed by atoms with van der Waals surface area (Å²) in [5, 5.41) is 2.43. The Hall–Kier alpha value is -2.17. The minimum Gasteiger partial charge on any atom is -0.493 e. The third-order valence-electron chi connectivity index (χ3n) is 3.39. The van der Waals surface area contributed by atoms with Crippen LogP contribution in [0.2, 0.25) is 0 Å². The summed E-state index contributed by atoms with van der Waals surface area (Å²) in [4.78, 5) is 24.3. The second kappa shape index (κ2) is 11.7. The van der Waals surface area contributed by atoms with Gasteiger partial charge in [-0.3, -0.25) is 25.8 Å². The number of nitrogens with one attached hydrogen (secondary N) is 3. The van der Waals surface area contributed by atoms with Gasteiger partial charge in [0.25, 0.3) is 11.8 Å². The molecule has 29 heavy (non-hydrogen) atoms. The zero-order valence-corrected chi connectivity index (χ0v) is 19.4. The molecule has 0 spiro atoms. The molecular weight excluding hydrogens is 526 g/mol. The van der Waals surface area contributed by atoms with Gasteiger partial charge in [-0.1, -0.05) is 35.0 Å². The predicted octanol–water partition coefficient (Wildman–Crippen LogP) is 3.71. The van der Waals surface area contributed by atoms with Crippen molar-refractivity contribution in [2.24, 2.45) is 0 Å². The van der Waals surface area contributed by atoms with Crippen molar-refractivity contribution in [2.75, 3.05) is 13.2 Å². The molecule has 0 aliphatic rings. The first-order chi connectivity index (χ1) is 13.9. The lowest BCUT2D eigenvalue weighted by Gasteiger charge is -2.13. The van der Waals surface area contributed by atoms with Gasteiger partial charge in [0.15, 0.2) is 11.7 Å². The van der Waals surface area contributed by atoms with Crippen molar-refractivity contribution in [3.8, 4) is 11.5 Å². The van der Waals surface area contributed by atoms with E-state index in [9.17, 15) is 9.59 Å². The van der Waals surface area contributed by atoms with Crippen LogP contribution in [0, 0.1) is 0 Å². The number of hydrogen-bond acceptors (Lipinski definition) is 5. The Balaban J connectivity index is 1.80. The molecule has 2 amide bonds. The minimum absolute atomic E-state index is 0.0570. The maximum absolute atomic E-state index is 12.4. The molecule has 0 aliphatic carbocycles. The summed E-state index contributed by atoms with van der Waals surface area (Å²) in [6.45, 7) is 2.23. The maximum atomic E-state index is 12.4. The molecule has 2 aromatic rings. The van der Waals surface area contributed by atoms with E-state index >= 15 is 0 Å². The van der Waals surface area contributed by atoms with Gasteiger partial charge in [-0.2, -0.15) is 0 Å². The van der Waals surface area contributed by atoms with Crippen LogP contribution in [0.3, 0.4) is 0 Å². The van der Waals surface area contributed by atoms with E-state index in [0.717, 1.165) is 10.9 Å². The molecule has 0 atom stereocenters. The summed E-state index contributed by atoms with van der Waals surface area (Å²) in [6.07, 6.45) is 0.820. The largest absolute Gasteiger partial charge is 0.493 e. The van der Waals surface area contributed by atoms with Gasteiger partial charge in [0.05, 0.1) is 16.6 Å². The Morgan fingerprint density at radius 3 is 2.52 bits per heavy atom. The number of carbonyl (C=O) groups excluding carboxylic acids is 2. The van der Waals surface area contributed by atoms with Crippen molar-refractivity contribution in [2.45, 2.75) is 13.3 Å². The average molecular weight is 545 g/mol. The standard InChI is InChI=1S/C19H19Br2N3O4S/c1-2-9-27-15-6-4-3-5-13(15)18(26)22-19(29)24-23-17(25)11-28-16-8-7-12(20)10-14(16)21/h3-8,10H,2,9,11H2,1H3,(H,23,25)(H2,22,24,26,29). The van der Waals surface area contributed by atoms with Crippen LogP contribution in [0.15, 0.2) is 51.4 Å². The number of carbonyl (C=O) groups is 2. The van der Waals surface area contributed by atoms with Crippen LogP contribution in [0.4, 0.5) is 0 Å². The number of hydrogen-bond donors (Lipinski definition) is 3. The fraction of sp³-hybridized carbons (Fsp3) is 0.211. The monoisotopic (exact) mass is 543 g/mol. The number of thiocarbonyl (C=S) groups is 1. The number of para-hydroxylation sites is 1. The minimum atomic E-state index is -0.469. The molecule has 154 valence electrons. The molecule has 2 aromatic carbocycles. The van der Waals surface area contributed by atoms with Gasteiger partial charge >= 0.3 is 0 Å². The molecule has 0 aromatic heterocycles. The Labute approximate surface area is 190 Å². The summed E-state index contributed by atoms with van der Waals surface area (Å²) >= 11 is 11.7. The summed E-state index contributed by atoms with van der Waals surface area (Å²) in [7, 11) is 0. The number of rotatable bonds is 7. The van der Waals surface area contributed by atoms with Crippen molar-refractivity contribution < 1.29 is 19.1 Å². The lowest BCUT2D eigenvalue weighted by atomic mass is 10.2. The molecule has 0 saturated heterocycles. The maximum Gasteiger partial charge on any atom is 0.276 e. The van der Waals surface area contributed by atoms with E-state index < -0.39 is 11.8 Å².